The minimum absolute atomic E-state index is 0.196. The maximum Gasteiger partial charge on any atom is 0.227 e. The van der Waals surface area contributed by atoms with Gasteiger partial charge in [-0.2, -0.15) is 5.26 Å². The molecule has 0 spiro atoms. The fraction of sp³-hybridized carbons (Fsp3) is 0.333. The molecular weight excluding hydrogens is 234 g/mol. The molecule has 17 heavy (non-hydrogen) atoms. The first-order valence-electron chi connectivity index (χ1n) is 5.32. The summed E-state index contributed by atoms with van der Waals surface area (Å²) in [5.41, 5.74) is 6.73. The van der Waals surface area contributed by atoms with Gasteiger partial charge < -0.3 is 11.1 Å². The Hall–Kier alpha value is -1.51. The maximum absolute atomic E-state index is 10.7. The van der Waals surface area contributed by atoms with Crippen LogP contribution in [0, 0.1) is 11.3 Å². The van der Waals surface area contributed by atoms with E-state index in [2.05, 4.69) is 11.4 Å². The van der Waals surface area contributed by atoms with Gasteiger partial charge in [-0.05, 0) is 24.2 Å². The predicted molar refractivity (Wildman–Crippen MR) is 68.5 cm³/mol. The van der Waals surface area contributed by atoms with Crippen LogP contribution in [0.2, 0.25) is 0 Å². The third-order valence-electron chi connectivity index (χ3n) is 2.11. The number of primary amides is 1. The zero-order valence-electron chi connectivity index (χ0n) is 9.69. The normalized spacial score (nSPS) is 9.88. The smallest absolute Gasteiger partial charge is 0.227 e. The predicted octanol–water partition coefficient (Wildman–Crippen LogP) is 1.25. The van der Waals surface area contributed by atoms with Gasteiger partial charge >= 0.3 is 0 Å². The van der Waals surface area contributed by atoms with Crippen molar-refractivity contribution in [3.63, 3.8) is 0 Å². The van der Waals surface area contributed by atoms with Crippen LogP contribution >= 0.6 is 11.8 Å². The molecule has 0 bridgehead atoms. The van der Waals surface area contributed by atoms with Crippen LogP contribution in [0.5, 0.6) is 0 Å². The monoisotopic (exact) mass is 249 g/mol. The Kier molecular flexibility index (Phi) is 5.53. The summed E-state index contributed by atoms with van der Waals surface area (Å²) in [5.74, 6) is -0.183. The highest BCUT2D eigenvalue weighted by Crippen LogP contribution is 2.23. The molecule has 0 heterocycles. The van der Waals surface area contributed by atoms with Crippen LogP contribution in [0.1, 0.15) is 18.1 Å². The standard InChI is InChI=1S/C12H15N3OS/c1-2-15-7-9-3-4-11(10(5-9)6-13)17-8-12(14)16/h3-5,15H,2,7-8H2,1H3,(H2,14,16). The van der Waals surface area contributed by atoms with E-state index in [9.17, 15) is 4.79 Å². The summed E-state index contributed by atoms with van der Waals surface area (Å²) in [6.45, 7) is 3.66. The van der Waals surface area contributed by atoms with Gasteiger partial charge in [0.05, 0.1) is 11.3 Å². The van der Waals surface area contributed by atoms with Crippen molar-refractivity contribution in [2.75, 3.05) is 12.3 Å². The van der Waals surface area contributed by atoms with Crippen LogP contribution in [0.15, 0.2) is 23.1 Å². The van der Waals surface area contributed by atoms with Gasteiger partial charge in [0.25, 0.3) is 0 Å². The van der Waals surface area contributed by atoms with E-state index in [1.165, 1.54) is 11.8 Å². The molecule has 3 N–H and O–H groups in total. The highest BCUT2D eigenvalue weighted by Gasteiger charge is 2.05. The average molecular weight is 249 g/mol. The van der Waals surface area contributed by atoms with Crippen molar-refractivity contribution < 1.29 is 4.79 Å². The van der Waals surface area contributed by atoms with Crippen molar-refractivity contribution in [3.8, 4) is 6.07 Å². The Bertz CT molecular complexity index is 440. The van der Waals surface area contributed by atoms with Crippen molar-refractivity contribution in [3.05, 3.63) is 29.3 Å². The van der Waals surface area contributed by atoms with Gasteiger partial charge in [0, 0.05) is 11.4 Å². The molecule has 0 radical (unpaired) electrons. The molecule has 0 unspecified atom stereocenters. The first-order valence-corrected chi connectivity index (χ1v) is 6.30. The summed E-state index contributed by atoms with van der Waals surface area (Å²) in [4.78, 5) is 11.5. The minimum atomic E-state index is -0.379. The van der Waals surface area contributed by atoms with E-state index in [4.69, 9.17) is 11.0 Å². The number of carbonyl (C=O) groups is 1. The van der Waals surface area contributed by atoms with Crippen molar-refractivity contribution in [1.82, 2.24) is 5.32 Å². The van der Waals surface area contributed by atoms with Gasteiger partial charge in [-0.1, -0.05) is 13.0 Å². The molecule has 0 aliphatic rings. The lowest BCUT2D eigenvalue weighted by molar-refractivity contribution is -0.115. The van der Waals surface area contributed by atoms with E-state index in [1.54, 1.807) is 0 Å². The third-order valence-corrected chi connectivity index (χ3v) is 3.21. The van der Waals surface area contributed by atoms with Gasteiger partial charge in [-0.25, -0.2) is 0 Å². The van der Waals surface area contributed by atoms with Crippen molar-refractivity contribution >= 4 is 17.7 Å². The second kappa shape index (κ2) is 6.94. The summed E-state index contributed by atoms with van der Waals surface area (Å²) in [5, 5.41) is 12.2. The summed E-state index contributed by atoms with van der Waals surface area (Å²) >= 11 is 1.29. The van der Waals surface area contributed by atoms with E-state index in [1.807, 2.05) is 25.1 Å². The third kappa shape index (κ3) is 4.47. The Morgan fingerprint density at radius 3 is 2.94 bits per heavy atom. The fourth-order valence-electron chi connectivity index (χ4n) is 1.32. The molecule has 0 aromatic heterocycles. The van der Waals surface area contributed by atoms with Gasteiger partial charge in [-0.15, -0.1) is 11.8 Å². The quantitative estimate of drug-likeness (QED) is 0.744. The summed E-state index contributed by atoms with van der Waals surface area (Å²) in [6, 6.07) is 7.79. The number of hydrogen-bond acceptors (Lipinski definition) is 4. The van der Waals surface area contributed by atoms with Crippen LogP contribution in [-0.4, -0.2) is 18.2 Å². The molecular formula is C12H15N3OS. The highest BCUT2D eigenvalue weighted by molar-refractivity contribution is 8.00. The van der Waals surface area contributed by atoms with Crippen LogP contribution in [0.25, 0.3) is 0 Å². The van der Waals surface area contributed by atoms with Crippen molar-refractivity contribution in [2.24, 2.45) is 5.73 Å². The van der Waals surface area contributed by atoms with Gasteiger partial charge in [-0.3, -0.25) is 4.79 Å². The lowest BCUT2D eigenvalue weighted by atomic mass is 10.1. The molecule has 0 saturated heterocycles. The number of nitriles is 1. The molecule has 0 atom stereocenters. The molecule has 1 aromatic carbocycles. The molecule has 0 fully saturated rings. The molecule has 0 aliphatic heterocycles. The number of thioether (sulfide) groups is 1. The molecule has 1 amide bonds. The van der Waals surface area contributed by atoms with Gasteiger partial charge in [0.1, 0.15) is 6.07 Å². The second-order valence-electron chi connectivity index (χ2n) is 3.48. The maximum atomic E-state index is 10.7. The number of nitrogens with one attached hydrogen (secondary N) is 1. The van der Waals surface area contributed by atoms with Crippen LogP contribution in [-0.2, 0) is 11.3 Å². The summed E-state index contributed by atoms with van der Waals surface area (Å²) < 4.78 is 0. The topological polar surface area (TPSA) is 78.9 Å². The molecule has 90 valence electrons. The summed E-state index contributed by atoms with van der Waals surface area (Å²) in [7, 11) is 0. The average Bonchev–Trinajstić information content (AvgIpc) is 2.34. The molecule has 4 nitrogen and oxygen atoms in total. The Morgan fingerprint density at radius 2 is 2.35 bits per heavy atom. The first kappa shape index (κ1) is 13.6. The van der Waals surface area contributed by atoms with E-state index < -0.39 is 0 Å². The van der Waals surface area contributed by atoms with Gasteiger partial charge in [0.15, 0.2) is 0 Å². The van der Waals surface area contributed by atoms with Crippen LogP contribution in [0.4, 0.5) is 0 Å². The minimum Gasteiger partial charge on any atom is -0.369 e. The zero-order valence-corrected chi connectivity index (χ0v) is 10.5. The van der Waals surface area contributed by atoms with Gasteiger partial charge in [0.2, 0.25) is 5.91 Å². The van der Waals surface area contributed by atoms with E-state index >= 15 is 0 Å². The van der Waals surface area contributed by atoms with E-state index in [0.717, 1.165) is 23.5 Å². The Balaban J connectivity index is 2.79. The number of hydrogen-bond donors (Lipinski definition) is 2. The molecule has 5 heteroatoms. The zero-order chi connectivity index (χ0) is 12.7. The van der Waals surface area contributed by atoms with E-state index in [0.29, 0.717) is 5.56 Å². The molecule has 0 aliphatic carbocycles. The number of carbonyl (C=O) groups excluding carboxylic acids is 1. The SMILES string of the molecule is CCNCc1ccc(SCC(N)=O)c(C#N)c1. The molecule has 1 rings (SSSR count). The largest absolute Gasteiger partial charge is 0.369 e. The van der Waals surface area contributed by atoms with Crippen LogP contribution < -0.4 is 11.1 Å². The number of nitrogens with two attached hydrogens (primary N) is 1. The fourth-order valence-corrected chi connectivity index (χ4v) is 2.04. The highest BCUT2D eigenvalue weighted by atomic mass is 32.2. The second-order valence-corrected chi connectivity index (χ2v) is 4.49. The van der Waals surface area contributed by atoms with Crippen LogP contribution in [0.3, 0.4) is 0 Å². The molecule has 0 saturated carbocycles. The number of amides is 1. The lowest BCUT2D eigenvalue weighted by Crippen LogP contribution is -2.13. The molecule has 1 aromatic rings. The summed E-state index contributed by atoms with van der Waals surface area (Å²) in [6.07, 6.45) is 0. The lowest BCUT2D eigenvalue weighted by Gasteiger charge is -2.06. The first-order chi connectivity index (χ1) is 8.17. The van der Waals surface area contributed by atoms with Crippen molar-refractivity contribution in [2.45, 2.75) is 18.4 Å². The van der Waals surface area contributed by atoms with E-state index in [-0.39, 0.29) is 11.7 Å². The number of rotatable bonds is 6. The Morgan fingerprint density at radius 1 is 1.59 bits per heavy atom. The number of benzene rings is 1. The Labute approximate surface area is 105 Å². The number of nitrogens with zero attached hydrogens (tertiary/aromatic N) is 1. The van der Waals surface area contributed by atoms with Crippen molar-refractivity contribution in [1.29, 1.82) is 5.26 Å².